The standard InChI is InChI=1S/C8H13N5O/c1-3-6(2)11-7(14)4-13-5-10-8(9)12-13/h3,5-6H,1,4H2,2H3,(H2,9,12)(H,11,14). The molecular weight excluding hydrogens is 182 g/mol. The molecule has 1 heterocycles. The Kier molecular flexibility index (Phi) is 3.22. The number of carbonyl (C=O) groups excluding carboxylic acids is 1. The summed E-state index contributed by atoms with van der Waals surface area (Å²) < 4.78 is 1.38. The lowest BCUT2D eigenvalue weighted by molar-refractivity contribution is -0.122. The zero-order chi connectivity index (χ0) is 10.6. The average molecular weight is 195 g/mol. The van der Waals surface area contributed by atoms with Gasteiger partial charge in [-0.25, -0.2) is 9.67 Å². The number of nitrogen functional groups attached to an aromatic ring is 1. The predicted octanol–water partition coefficient (Wildman–Crippen LogP) is -0.449. The molecule has 0 spiro atoms. The minimum atomic E-state index is -0.151. The lowest BCUT2D eigenvalue weighted by atomic mass is 10.3. The van der Waals surface area contributed by atoms with E-state index in [1.54, 1.807) is 6.08 Å². The van der Waals surface area contributed by atoms with E-state index in [1.807, 2.05) is 6.92 Å². The largest absolute Gasteiger partial charge is 0.367 e. The van der Waals surface area contributed by atoms with E-state index in [1.165, 1.54) is 11.0 Å². The highest BCUT2D eigenvalue weighted by Crippen LogP contribution is 1.90. The zero-order valence-corrected chi connectivity index (χ0v) is 7.97. The van der Waals surface area contributed by atoms with E-state index in [4.69, 9.17) is 5.73 Å². The number of nitrogens with one attached hydrogen (secondary N) is 1. The Bertz CT molecular complexity index is 332. The van der Waals surface area contributed by atoms with Crippen molar-refractivity contribution in [3.63, 3.8) is 0 Å². The molecule has 3 N–H and O–H groups in total. The van der Waals surface area contributed by atoms with Gasteiger partial charge in [0, 0.05) is 6.04 Å². The first-order valence-electron chi connectivity index (χ1n) is 4.18. The third kappa shape index (κ3) is 2.89. The molecule has 6 nitrogen and oxygen atoms in total. The topological polar surface area (TPSA) is 85.8 Å². The van der Waals surface area contributed by atoms with Gasteiger partial charge in [0.2, 0.25) is 11.9 Å². The predicted molar refractivity (Wildman–Crippen MR) is 52.2 cm³/mol. The minimum Gasteiger partial charge on any atom is -0.367 e. The molecule has 0 fully saturated rings. The van der Waals surface area contributed by atoms with E-state index < -0.39 is 0 Å². The molecule has 76 valence electrons. The average Bonchev–Trinajstić information content (AvgIpc) is 2.50. The Labute approximate surface area is 81.8 Å². The van der Waals surface area contributed by atoms with Crippen LogP contribution in [-0.4, -0.2) is 26.7 Å². The van der Waals surface area contributed by atoms with Gasteiger partial charge in [-0.3, -0.25) is 4.79 Å². The lowest BCUT2D eigenvalue weighted by Gasteiger charge is -2.08. The third-order valence-corrected chi connectivity index (χ3v) is 1.60. The van der Waals surface area contributed by atoms with E-state index in [9.17, 15) is 4.79 Å². The molecule has 0 saturated carbocycles. The van der Waals surface area contributed by atoms with Gasteiger partial charge in [0.1, 0.15) is 12.9 Å². The summed E-state index contributed by atoms with van der Waals surface area (Å²) in [6.45, 7) is 5.50. The summed E-state index contributed by atoms with van der Waals surface area (Å²) in [6.07, 6.45) is 3.06. The number of aromatic nitrogens is 3. The van der Waals surface area contributed by atoms with Crippen LogP contribution in [0.5, 0.6) is 0 Å². The van der Waals surface area contributed by atoms with Gasteiger partial charge in [-0.05, 0) is 6.92 Å². The quantitative estimate of drug-likeness (QED) is 0.637. The third-order valence-electron chi connectivity index (χ3n) is 1.60. The van der Waals surface area contributed by atoms with Crippen molar-refractivity contribution in [2.75, 3.05) is 5.73 Å². The Hall–Kier alpha value is -1.85. The van der Waals surface area contributed by atoms with E-state index in [-0.39, 0.29) is 24.4 Å². The highest BCUT2D eigenvalue weighted by Gasteiger charge is 2.05. The Morgan fingerprint density at radius 1 is 1.93 bits per heavy atom. The molecule has 0 bridgehead atoms. The maximum atomic E-state index is 11.3. The number of amides is 1. The zero-order valence-electron chi connectivity index (χ0n) is 7.97. The number of hydrogen-bond acceptors (Lipinski definition) is 4. The molecule has 14 heavy (non-hydrogen) atoms. The molecule has 0 radical (unpaired) electrons. The van der Waals surface area contributed by atoms with Crippen LogP contribution < -0.4 is 11.1 Å². The van der Waals surface area contributed by atoms with Gasteiger partial charge >= 0.3 is 0 Å². The van der Waals surface area contributed by atoms with E-state index >= 15 is 0 Å². The number of anilines is 1. The number of hydrogen-bond donors (Lipinski definition) is 2. The fourth-order valence-electron chi connectivity index (χ4n) is 0.891. The first-order valence-corrected chi connectivity index (χ1v) is 4.18. The Balaban J connectivity index is 2.45. The second-order valence-corrected chi connectivity index (χ2v) is 2.89. The van der Waals surface area contributed by atoms with Crippen molar-refractivity contribution in [1.82, 2.24) is 20.1 Å². The maximum Gasteiger partial charge on any atom is 0.242 e. The SMILES string of the molecule is C=CC(C)NC(=O)Cn1cnc(N)n1. The molecule has 1 aromatic heterocycles. The van der Waals surface area contributed by atoms with Crippen LogP contribution in [0.2, 0.25) is 0 Å². The molecule has 1 atom stereocenters. The molecule has 1 amide bonds. The molecule has 0 aliphatic rings. The molecular formula is C8H13N5O. The summed E-state index contributed by atoms with van der Waals surface area (Å²) in [4.78, 5) is 15.0. The van der Waals surface area contributed by atoms with Gasteiger partial charge in [0.15, 0.2) is 0 Å². The molecule has 0 aliphatic heterocycles. The van der Waals surface area contributed by atoms with Gasteiger partial charge < -0.3 is 11.1 Å². The van der Waals surface area contributed by atoms with Crippen LogP contribution in [0.25, 0.3) is 0 Å². The van der Waals surface area contributed by atoms with E-state index in [0.717, 1.165) is 0 Å². The van der Waals surface area contributed by atoms with Crippen LogP contribution in [-0.2, 0) is 11.3 Å². The molecule has 1 aromatic rings. The fraction of sp³-hybridized carbons (Fsp3) is 0.375. The van der Waals surface area contributed by atoms with Crippen molar-refractivity contribution >= 4 is 11.9 Å². The van der Waals surface area contributed by atoms with Crippen LogP contribution in [0, 0.1) is 0 Å². The number of rotatable bonds is 4. The van der Waals surface area contributed by atoms with Gasteiger partial charge in [0.05, 0.1) is 0 Å². The van der Waals surface area contributed by atoms with Crippen LogP contribution >= 0.6 is 0 Å². The van der Waals surface area contributed by atoms with Crippen molar-refractivity contribution in [2.24, 2.45) is 0 Å². The van der Waals surface area contributed by atoms with Crippen molar-refractivity contribution in [3.05, 3.63) is 19.0 Å². The first-order chi connectivity index (χ1) is 6.61. The number of nitrogens with zero attached hydrogens (tertiary/aromatic N) is 3. The summed E-state index contributed by atoms with van der Waals surface area (Å²) in [6, 6.07) is -0.0524. The molecule has 0 aromatic carbocycles. The molecule has 6 heteroatoms. The summed E-state index contributed by atoms with van der Waals surface area (Å²) in [7, 11) is 0. The van der Waals surface area contributed by atoms with Crippen LogP contribution in [0.3, 0.4) is 0 Å². The van der Waals surface area contributed by atoms with Crippen molar-refractivity contribution < 1.29 is 4.79 Å². The number of nitrogens with two attached hydrogens (primary N) is 1. The van der Waals surface area contributed by atoms with Gasteiger partial charge in [-0.2, -0.15) is 0 Å². The first kappa shape index (κ1) is 10.2. The van der Waals surface area contributed by atoms with Crippen LogP contribution in [0.1, 0.15) is 6.92 Å². The second-order valence-electron chi connectivity index (χ2n) is 2.89. The molecule has 1 unspecified atom stereocenters. The summed E-state index contributed by atoms with van der Waals surface area (Å²) in [5.41, 5.74) is 5.29. The van der Waals surface area contributed by atoms with E-state index in [2.05, 4.69) is 22.0 Å². The summed E-state index contributed by atoms with van der Waals surface area (Å²) in [5, 5.41) is 6.48. The van der Waals surface area contributed by atoms with Crippen LogP contribution in [0.4, 0.5) is 5.95 Å². The summed E-state index contributed by atoms with van der Waals surface area (Å²) >= 11 is 0. The van der Waals surface area contributed by atoms with Gasteiger partial charge in [-0.15, -0.1) is 11.7 Å². The van der Waals surface area contributed by atoms with Gasteiger partial charge in [0.25, 0.3) is 0 Å². The highest BCUT2D eigenvalue weighted by atomic mass is 16.2. The van der Waals surface area contributed by atoms with Crippen LogP contribution in [0.15, 0.2) is 19.0 Å². The summed E-state index contributed by atoms with van der Waals surface area (Å²) in [5.74, 6) is 0.0110. The van der Waals surface area contributed by atoms with E-state index in [0.29, 0.717) is 0 Å². The monoisotopic (exact) mass is 195 g/mol. The Morgan fingerprint density at radius 2 is 2.64 bits per heavy atom. The molecule has 0 aliphatic carbocycles. The molecule has 0 saturated heterocycles. The van der Waals surface area contributed by atoms with Crippen molar-refractivity contribution in [3.8, 4) is 0 Å². The molecule has 1 rings (SSSR count). The Morgan fingerprint density at radius 3 is 3.14 bits per heavy atom. The number of carbonyl (C=O) groups is 1. The van der Waals surface area contributed by atoms with Crippen molar-refractivity contribution in [1.29, 1.82) is 0 Å². The van der Waals surface area contributed by atoms with Gasteiger partial charge in [-0.1, -0.05) is 6.08 Å². The fourth-order valence-corrected chi connectivity index (χ4v) is 0.891. The highest BCUT2D eigenvalue weighted by molar-refractivity contribution is 5.76. The minimum absolute atomic E-state index is 0.0524. The van der Waals surface area contributed by atoms with Crippen molar-refractivity contribution in [2.45, 2.75) is 19.5 Å². The smallest absolute Gasteiger partial charge is 0.242 e. The maximum absolute atomic E-state index is 11.3. The lowest BCUT2D eigenvalue weighted by Crippen LogP contribution is -2.33. The normalized spacial score (nSPS) is 12.1. The second kappa shape index (κ2) is 4.40.